The zero-order valence-electron chi connectivity index (χ0n) is 18.5. The summed E-state index contributed by atoms with van der Waals surface area (Å²) in [5, 5.41) is 0.382. The molecule has 3 aromatic rings. The molecule has 7 nitrogen and oxygen atoms in total. The second-order valence-corrected chi connectivity index (χ2v) is 7.13. The van der Waals surface area contributed by atoms with Crippen molar-refractivity contribution in [3.63, 3.8) is 0 Å². The Hall–Kier alpha value is -3.48. The van der Waals surface area contributed by atoms with Crippen LogP contribution in [0.1, 0.15) is 25.0 Å². The van der Waals surface area contributed by atoms with E-state index in [4.69, 9.17) is 23.4 Å². The maximum atomic E-state index is 13.4. The third kappa shape index (κ3) is 4.35. The molecule has 0 unspecified atom stereocenters. The quantitative estimate of drug-likeness (QED) is 0.517. The number of esters is 1. The highest BCUT2D eigenvalue weighted by Crippen LogP contribution is 2.37. The van der Waals surface area contributed by atoms with Gasteiger partial charge in [-0.05, 0) is 63.1 Å². The molecule has 164 valence electrons. The number of aryl methyl sites for hydroxylation is 2. The number of fused-ring (bicyclic) bond motifs is 1. The van der Waals surface area contributed by atoms with E-state index < -0.39 is 12.1 Å². The lowest BCUT2D eigenvalue weighted by Crippen LogP contribution is -2.28. The third-order valence-corrected chi connectivity index (χ3v) is 4.84. The first-order chi connectivity index (χ1) is 14.8. The van der Waals surface area contributed by atoms with Crippen molar-refractivity contribution < 1.29 is 28.2 Å². The topological polar surface area (TPSA) is 84.2 Å². The monoisotopic (exact) mass is 426 g/mol. The smallest absolute Gasteiger partial charge is 0.347 e. The Kier molecular flexibility index (Phi) is 6.53. The number of rotatable bonds is 7. The largest absolute Gasteiger partial charge is 0.493 e. The standard InChI is InChI=1S/C24H26O7/c1-7-29-24(26)15(4)30-23-20(25)17-11-13(2)10-14(3)21(17)31-22(23)16-8-9-18(27-5)19(12-16)28-6/h8-12,15H,7H2,1-6H3/t15-/m1/s1. The first kappa shape index (κ1) is 22.2. The predicted octanol–water partition coefficient (Wildman–Crippen LogP) is 4.42. The van der Waals surface area contributed by atoms with Crippen molar-refractivity contribution in [2.75, 3.05) is 20.8 Å². The lowest BCUT2D eigenvalue weighted by Gasteiger charge is -2.17. The van der Waals surface area contributed by atoms with Crippen LogP contribution < -0.4 is 19.6 Å². The van der Waals surface area contributed by atoms with Gasteiger partial charge in [0.25, 0.3) is 0 Å². The molecule has 0 aliphatic rings. The van der Waals surface area contributed by atoms with E-state index in [9.17, 15) is 9.59 Å². The Balaban J connectivity index is 2.28. The van der Waals surface area contributed by atoms with Gasteiger partial charge in [0.1, 0.15) is 5.58 Å². The van der Waals surface area contributed by atoms with E-state index in [2.05, 4.69) is 0 Å². The zero-order valence-corrected chi connectivity index (χ0v) is 18.5. The van der Waals surface area contributed by atoms with Gasteiger partial charge in [-0.3, -0.25) is 4.79 Å². The molecule has 7 heteroatoms. The molecule has 3 rings (SSSR count). The van der Waals surface area contributed by atoms with Gasteiger partial charge < -0.3 is 23.4 Å². The molecule has 1 atom stereocenters. The summed E-state index contributed by atoms with van der Waals surface area (Å²) in [4.78, 5) is 25.6. The van der Waals surface area contributed by atoms with E-state index in [-0.39, 0.29) is 23.5 Å². The van der Waals surface area contributed by atoms with Gasteiger partial charge in [-0.25, -0.2) is 4.79 Å². The minimum atomic E-state index is -0.995. The van der Waals surface area contributed by atoms with Crippen molar-refractivity contribution in [2.45, 2.75) is 33.8 Å². The van der Waals surface area contributed by atoms with Crippen LogP contribution in [-0.4, -0.2) is 32.9 Å². The van der Waals surface area contributed by atoms with E-state index >= 15 is 0 Å². The Labute approximate surface area is 180 Å². The summed E-state index contributed by atoms with van der Waals surface area (Å²) in [5.74, 6) is 0.559. The molecule has 0 saturated carbocycles. The summed E-state index contributed by atoms with van der Waals surface area (Å²) in [6, 6.07) is 8.81. The van der Waals surface area contributed by atoms with Crippen LogP contribution in [0.3, 0.4) is 0 Å². The summed E-state index contributed by atoms with van der Waals surface area (Å²) in [6.07, 6.45) is -0.995. The number of carbonyl (C=O) groups excluding carboxylic acids is 1. The average Bonchev–Trinajstić information content (AvgIpc) is 2.75. The summed E-state index contributed by atoms with van der Waals surface area (Å²) >= 11 is 0. The van der Waals surface area contributed by atoms with Crippen molar-refractivity contribution in [3.05, 3.63) is 51.7 Å². The number of hydrogen-bond acceptors (Lipinski definition) is 7. The van der Waals surface area contributed by atoms with Gasteiger partial charge >= 0.3 is 5.97 Å². The Morgan fingerprint density at radius 1 is 1.06 bits per heavy atom. The molecule has 0 amide bonds. The summed E-state index contributed by atoms with van der Waals surface area (Å²) in [6.45, 7) is 7.21. The first-order valence-electron chi connectivity index (χ1n) is 9.94. The highest BCUT2D eigenvalue weighted by Gasteiger charge is 2.25. The number of methoxy groups -OCH3 is 2. The van der Waals surface area contributed by atoms with Crippen LogP contribution in [0.2, 0.25) is 0 Å². The van der Waals surface area contributed by atoms with Crippen LogP contribution in [0.5, 0.6) is 17.2 Å². The number of ether oxygens (including phenoxy) is 4. The molecule has 1 aromatic heterocycles. The van der Waals surface area contributed by atoms with E-state index in [1.54, 1.807) is 31.2 Å². The van der Waals surface area contributed by atoms with Crippen molar-refractivity contribution >= 4 is 16.9 Å². The summed E-state index contributed by atoms with van der Waals surface area (Å²) in [7, 11) is 3.06. The molecular weight excluding hydrogens is 400 g/mol. The molecule has 0 saturated heterocycles. The Morgan fingerprint density at radius 3 is 2.42 bits per heavy atom. The van der Waals surface area contributed by atoms with Crippen LogP contribution in [0.15, 0.2) is 39.5 Å². The average molecular weight is 426 g/mol. The SMILES string of the molecule is CCOC(=O)[C@@H](C)Oc1c(-c2ccc(OC)c(OC)c2)oc2c(C)cc(C)cc2c1=O. The van der Waals surface area contributed by atoms with E-state index in [1.807, 2.05) is 19.9 Å². The first-order valence-corrected chi connectivity index (χ1v) is 9.94. The van der Waals surface area contributed by atoms with Gasteiger partial charge in [0.2, 0.25) is 11.2 Å². The maximum Gasteiger partial charge on any atom is 0.347 e. The minimum absolute atomic E-state index is 0.0646. The van der Waals surface area contributed by atoms with Gasteiger partial charge in [-0.2, -0.15) is 0 Å². The Morgan fingerprint density at radius 2 is 1.77 bits per heavy atom. The molecule has 0 aliphatic heterocycles. The summed E-state index contributed by atoms with van der Waals surface area (Å²) < 4.78 is 27.7. The molecule has 0 fully saturated rings. The van der Waals surface area contributed by atoms with Gasteiger partial charge in [0.15, 0.2) is 23.4 Å². The fourth-order valence-corrected chi connectivity index (χ4v) is 3.39. The van der Waals surface area contributed by atoms with Crippen molar-refractivity contribution in [2.24, 2.45) is 0 Å². The molecular formula is C24H26O7. The molecule has 0 N–H and O–H groups in total. The second-order valence-electron chi connectivity index (χ2n) is 7.13. The van der Waals surface area contributed by atoms with Gasteiger partial charge in [-0.1, -0.05) is 6.07 Å². The number of carbonyl (C=O) groups is 1. The minimum Gasteiger partial charge on any atom is -0.493 e. The fraction of sp³-hybridized carbons (Fsp3) is 0.333. The summed E-state index contributed by atoms with van der Waals surface area (Å²) in [5.41, 5.74) is 2.37. The van der Waals surface area contributed by atoms with Crippen LogP contribution in [-0.2, 0) is 9.53 Å². The van der Waals surface area contributed by atoms with Crippen LogP contribution in [0, 0.1) is 13.8 Å². The van der Waals surface area contributed by atoms with E-state index in [0.29, 0.717) is 28.0 Å². The molecule has 31 heavy (non-hydrogen) atoms. The Bertz CT molecular complexity index is 1180. The lowest BCUT2D eigenvalue weighted by atomic mass is 10.0. The van der Waals surface area contributed by atoms with Gasteiger partial charge in [0, 0.05) is 5.56 Å². The molecule has 0 aliphatic carbocycles. The molecule has 0 radical (unpaired) electrons. The third-order valence-electron chi connectivity index (χ3n) is 4.84. The van der Waals surface area contributed by atoms with Crippen LogP contribution >= 0.6 is 0 Å². The molecule has 0 spiro atoms. The van der Waals surface area contributed by atoms with Gasteiger partial charge in [0.05, 0.1) is 26.2 Å². The lowest BCUT2D eigenvalue weighted by molar-refractivity contribution is -0.150. The van der Waals surface area contributed by atoms with Crippen molar-refractivity contribution in [3.8, 4) is 28.6 Å². The zero-order chi connectivity index (χ0) is 22.7. The van der Waals surface area contributed by atoms with E-state index in [0.717, 1.165) is 11.1 Å². The van der Waals surface area contributed by atoms with Gasteiger partial charge in [-0.15, -0.1) is 0 Å². The predicted molar refractivity (Wildman–Crippen MR) is 117 cm³/mol. The van der Waals surface area contributed by atoms with Crippen LogP contribution in [0.25, 0.3) is 22.3 Å². The maximum absolute atomic E-state index is 13.4. The number of hydrogen-bond donors (Lipinski definition) is 0. The van der Waals surface area contributed by atoms with E-state index in [1.165, 1.54) is 21.1 Å². The van der Waals surface area contributed by atoms with Crippen molar-refractivity contribution in [1.82, 2.24) is 0 Å². The fourth-order valence-electron chi connectivity index (χ4n) is 3.39. The van der Waals surface area contributed by atoms with Crippen molar-refractivity contribution in [1.29, 1.82) is 0 Å². The van der Waals surface area contributed by atoms with Crippen LogP contribution in [0.4, 0.5) is 0 Å². The molecule has 2 aromatic carbocycles. The number of benzene rings is 2. The highest BCUT2D eigenvalue weighted by molar-refractivity contribution is 5.85. The normalized spacial score (nSPS) is 11.8. The molecule has 0 bridgehead atoms. The second kappa shape index (κ2) is 9.12. The molecule has 1 heterocycles. The highest BCUT2D eigenvalue weighted by atomic mass is 16.6.